The van der Waals surface area contributed by atoms with Crippen LogP contribution in [0.4, 0.5) is 0 Å². The van der Waals surface area contributed by atoms with Gasteiger partial charge in [0.05, 0.1) is 0 Å². The summed E-state index contributed by atoms with van der Waals surface area (Å²) in [7, 11) is 1.93. The molecule has 150 valence electrons. The smallest absolute Gasteiger partial charge is 0.254 e. The number of carbonyl (C=O) groups excluding carboxylic acids is 1. The molecule has 0 unspecified atom stereocenters. The number of rotatable bonds is 7. The van der Waals surface area contributed by atoms with Gasteiger partial charge in [-0.05, 0) is 53.6 Å². The zero-order chi connectivity index (χ0) is 20.8. The maximum atomic E-state index is 13.4. The van der Waals surface area contributed by atoms with Crippen molar-refractivity contribution in [3.63, 3.8) is 0 Å². The van der Waals surface area contributed by atoms with Gasteiger partial charge in [0.25, 0.3) is 5.91 Å². The van der Waals surface area contributed by atoms with Gasteiger partial charge in [-0.1, -0.05) is 86.1 Å². The largest absolute Gasteiger partial charge is 0.338 e. The minimum atomic E-state index is 0.0688. The Balaban J connectivity index is 1.81. The second-order valence-electron chi connectivity index (χ2n) is 7.80. The third kappa shape index (κ3) is 5.27. The second kappa shape index (κ2) is 9.76. The molecule has 0 saturated heterocycles. The zero-order valence-electron chi connectivity index (χ0n) is 17.3. The summed E-state index contributed by atoms with van der Waals surface area (Å²) in [4.78, 5) is 15.4. The first-order valence-electron chi connectivity index (χ1n) is 10.1. The van der Waals surface area contributed by atoms with Gasteiger partial charge in [-0.2, -0.15) is 0 Å². The summed E-state index contributed by atoms with van der Waals surface area (Å²) in [6.45, 7) is 4.36. The minimum absolute atomic E-state index is 0.0688. The number of nitrogens with zero attached hydrogens (tertiary/aromatic N) is 1. The maximum Gasteiger partial charge on any atom is 0.254 e. The Morgan fingerprint density at radius 2 is 1.52 bits per heavy atom. The molecule has 0 N–H and O–H groups in total. The van der Waals surface area contributed by atoms with E-state index in [9.17, 15) is 4.79 Å². The van der Waals surface area contributed by atoms with E-state index in [2.05, 4.69) is 26.0 Å². The molecule has 3 aromatic rings. The lowest BCUT2D eigenvalue weighted by Crippen LogP contribution is -2.41. The van der Waals surface area contributed by atoms with Gasteiger partial charge in [-0.3, -0.25) is 4.79 Å². The lowest BCUT2D eigenvalue weighted by atomic mass is 9.93. The molecule has 0 aliphatic heterocycles. The fourth-order valence-corrected chi connectivity index (χ4v) is 3.95. The average molecular weight is 406 g/mol. The number of carbonyl (C=O) groups is 1. The molecule has 0 bridgehead atoms. The van der Waals surface area contributed by atoms with E-state index in [0.29, 0.717) is 5.92 Å². The third-order valence-electron chi connectivity index (χ3n) is 5.47. The van der Waals surface area contributed by atoms with Crippen LogP contribution in [0.5, 0.6) is 0 Å². The maximum absolute atomic E-state index is 13.4. The molecule has 1 atom stereocenters. The Morgan fingerprint density at radius 3 is 2.17 bits per heavy atom. The molecule has 0 aromatic heterocycles. The van der Waals surface area contributed by atoms with Crippen LogP contribution >= 0.6 is 11.6 Å². The highest BCUT2D eigenvalue weighted by Crippen LogP contribution is 2.26. The van der Waals surface area contributed by atoms with Crippen LogP contribution in [0.2, 0.25) is 5.02 Å². The summed E-state index contributed by atoms with van der Waals surface area (Å²) in [5, 5.41) is 0.749. The third-order valence-corrected chi connectivity index (χ3v) is 5.72. The van der Waals surface area contributed by atoms with E-state index in [1.54, 1.807) is 0 Å². The van der Waals surface area contributed by atoms with Crippen LogP contribution in [0.15, 0.2) is 78.9 Å². The molecular weight excluding hydrogens is 378 g/mol. The van der Waals surface area contributed by atoms with Gasteiger partial charge in [-0.25, -0.2) is 0 Å². The highest BCUT2D eigenvalue weighted by Gasteiger charge is 2.25. The van der Waals surface area contributed by atoms with Crippen LogP contribution in [0, 0.1) is 5.92 Å². The van der Waals surface area contributed by atoms with E-state index < -0.39 is 0 Å². The summed E-state index contributed by atoms with van der Waals surface area (Å²) in [6.07, 6.45) is 1.83. The Bertz CT molecular complexity index is 934. The van der Waals surface area contributed by atoms with Crippen molar-refractivity contribution in [2.75, 3.05) is 7.05 Å². The van der Waals surface area contributed by atoms with E-state index in [1.807, 2.05) is 78.7 Å². The van der Waals surface area contributed by atoms with Crippen LogP contribution in [0.1, 0.15) is 36.2 Å². The van der Waals surface area contributed by atoms with E-state index in [1.165, 1.54) is 5.56 Å². The standard InChI is InChI=1S/C26H28ClNO/c1-19(2)25(18-15-20-13-16-22(27)17-14-20)28(3)26(29)24-12-8-7-11-23(24)21-9-5-4-6-10-21/h4-14,16-17,19,25H,15,18H2,1-3H3/t25-/m1/s1. The van der Waals surface area contributed by atoms with Crippen LogP contribution in [0.25, 0.3) is 11.1 Å². The van der Waals surface area contributed by atoms with Crippen LogP contribution in [-0.2, 0) is 6.42 Å². The minimum Gasteiger partial charge on any atom is -0.338 e. The molecule has 0 spiro atoms. The van der Waals surface area contributed by atoms with Gasteiger partial charge < -0.3 is 4.90 Å². The lowest BCUT2D eigenvalue weighted by Gasteiger charge is -2.32. The Labute approximate surface area is 179 Å². The molecule has 3 heteroatoms. The van der Waals surface area contributed by atoms with Crippen LogP contribution in [0.3, 0.4) is 0 Å². The highest BCUT2D eigenvalue weighted by molar-refractivity contribution is 6.30. The number of aryl methyl sites for hydroxylation is 1. The molecule has 3 aromatic carbocycles. The number of hydrogen-bond donors (Lipinski definition) is 0. The van der Waals surface area contributed by atoms with Gasteiger partial charge in [0.1, 0.15) is 0 Å². The Hall–Kier alpha value is -2.58. The SMILES string of the molecule is CC(C)[C@@H](CCc1ccc(Cl)cc1)N(C)C(=O)c1ccccc1-c1ccccc1. The summed E-state index contributed by atoms with van der Waals surface area (Å²) >= 11 is 6.00. The molecule has 0 heterocycles. The zero-order valence-corrected chi connectivity index (χ0v) is 18.1. The van der Waals surface area contributed by atoms with Crippen molar-refractivity contribution >= 4 is 17.5 Å². The fourth-order valence-electron chi connectivity index (χ4n) is 3.82. The molecule has 1 amide bonds. The van der Waals surface area contributed by atoms with Crippen molar-refractivity contribution in [1.29, 1.82) is 0 Å². The van der Waals surface area contributed by atoms with Crippen LogP contribution in [-0.4, -0.2) is 23.9 Å². The first kappa shape index (κ1) is 21.1. The summed E-state index contributed by atoms with van der Waals surface area (Å²) in [5.74, 6) is 0.430. The van der Waals surface area contributed by atoms with Crippen molar-refractivity contribution in [3.8, 4) is 11.1 Å². The quantitative estimate of drug-likeness (QED) is 0.426. The fraction of sp³-hybridized carbons (Fsp3) is 0.269. The lowest BCUT2D eigenvalue weighted by molar-refractivity contribution is 0.0679. The van der Waals surface area contributed by atoms with Gasteiger partial charge in [0.2, 0.25) is 0 Å². The van der Waals surface area contributed by atoms with Gasteiger partial charge in [0.15, 0.2) is 0 Å². The monoisotopic (exact) mass is 405 g/mol. The predicted octanol–water partition coefficient (Wildman–Crippen LogP) is 6.74. The predicted molar refractivity (Wildman–Crippen MR) is 122 cm³/mol. The van der Waals surface area contributed by atoms with Crippen molar-refractivity contribution in [3.05, 3.63) is 95.0 Å². The molecule has 0 aliphatic rings. The van der Waals surface area contributed by atoms with E-state index in [4.69, 9.17) is 11.6 Å². The van der Waals surface area contributed by atoms with E-state index >= 15 is 0 Å². The molecule has 0 radical (unpaired) electrons. The number of hydrogen-bond acceptors (Lipinski definition) is 1. The average Bonchev–Trinajstić information content (AvgIpc) is 2.75. The number of amides is 1. The Morgan fingerprint density at radius 1 is 0.897 bits per heavy atom. The van der Waals surface area contributed by atoms with Crippen LogP contribution < -0.4 is 0 Å². The van der Waals surface area contributed by atoms with Crippen molar-refractivity contribution < 1.29 is 4.79 Å². The van der Waals surface area contributed by atoms with Gasteiger partial charge in [-0.15, -0.1) is 0 Å². The van der Waals surface area contributed by atoms with Crippen molar-refractivity contribution in [2.24, 2.45) is 5.92 Å². The number of benzene rings is 3. The Kier molecular flexibility index (Phi) is 7.11. The van der Waals surface area contributed by atoms with E-state index in [-0.39, 0.29) is 11.9 Å². The highest BCUT2D eigenvalue weighted by atomic mass is 35.5. The second-order valence-corrected chi connectivity index (χ2v) is 8.24. The molecule has 3 rings (SSSR count). The molecule has 0 saturated carbocycles. The van der Waals surface area contributed by atoms with Gasteiger partial charge >= 0.3 is 0 Å². The van der Waals surface area contributed by atoms with Crippen molar-refractivity contribution in [2.45, 2.75) is 32.7 Å². The molecular formula is C26H28ClNO. The molecule has 2 nitrogen and oxygen atoms in total. The summed E-state index contributed by atoms with van der Waals surface area (Å²) in [6, 6.07) is 26.1. The molecule has 0 fully saturated rings. The summed E-state index contributed by atoms with van der Waals surface area (Å²) in [5.41, 5.74) is 4.03. The summed E-state index contributed by atoms with van der Waals surface area (Å²) < 4.78 is 0. The topological polar surface area (TPSA) is 20.3 Å². The van der Waals surface area contributed by atoms with Crippen molar-refractivity contribution in [1.82, 2.24) is 4.90 Å². The molecule has 0 aliphatic carbocycles. The number of halogens is 1. The first-order chi connectivity index (χ1) is 14.0. The molecule has 29 heavy (non-hydrogen) atoms. The van der Waals surface area contributed by atoms with Gasteiger partial charge in [0, 0.05) is 23.7 Å². The first-order valence-corrected chi connectivity index (χ1v) is 10.5. The van der Waals surface area contributed by atoms with E-state index in [0.717, 1.165) is 34.6 Å². The normalized spacial score (nSPS) is 12.0.